The second-order valence-corrected chi connectivity index (χ2v) is 4.69. The van der Waals surface area contributed by atoms with Crippen LogP contribution >= 0.6 is 11.8 Å². The van der Waals surface area contributed by atoms with E-state index >= 15 is 0 Å². The van der Waals surface area contributed by atoms with Crippen molar-refractivity contribution in [3.05, 3.63) is 54.3 Å². The van der Waals surface area contributed by atoms with Gasteiger partial charge >= 0.3 is 0 Å². The van der Waals surface area contributed by atoms with Crippen molar-refractivity contribution in [3.63, 3.8) is 0 Å². The Morgan fingerprint density at radius 3 is 2.55 bits per heavy atom. The first-order valence-corrected chi connectivity index (χ1v) is 7.10. The maximum absolute atomic E-state index is 14.0. The van der Waals surface area contributed by atoms with Gasteiger partial charge in [-0.1, -0.05) is 48.2 Å². The van der Waals surface area contributed by atoms with Crippen LogP contribution in [0.5, 0.6) is 0 Å². The van der Waals surface area contributed by atoms with Crippen molar-refractivity contribution in [3.8, 4) is 17.3 Å². The van der Waals surface area contributed by atoms with Crippen molar-refractivity contribution in [2.24, 2.45) is 4.99 Å². The lowest BCUT2D eigenvalue weighted by atomic mass is 10.1. The van der Waals surface area contributed by atoms with Crippen molar-refractivity contribution >= 4 is 22.6 Å². The number of hydrogen-bond acceptors (Lipinski definition) is 3. The van der Waals surface area contributed by atoms with Crippen molar-refractivity contribution in [1.82, 2.24) is 5.32 Å². The van der Waals surface area contributed by atoms with Crippen molar-refractivity contribution in [1.29, 1.82) is 5.26 Å². The number of halogens is 1. The molecule has 0 amide bonds. The minimum Gasteiger partial charge on any atom is -0.271 e. The van der Waals surface area contributed by atoms with Crippen molar-refractivity contribution in [2.45, 2.75) is 0 Å². The van der Waals surface area contributed by atoms with Crippen LogP contribution in [0.1, 0.15) is 0 Å². The van der Waals surface area contributed by atoms with Gasteiger partial charge in [0.15, 0.2) is 11.4 Å². The highest BCUT2D eigenvalue weighted by atomic mass is 32.2. The Labute approximate surface area is 121 Å². The molecule has 3 nitrogen and oxygen atoms in total. The average molecular weight is 285 g/mol. The predicted molar refractivity (Wildman–Crippen MR) is 81.2 cm³/mol. The predicted octanol–water partition coefficient (Wildman–Crippen LogP) is 3.91. The van der Waals surface area contributed by atoms with Gasteiger partial charge < -0.3 is 0 Å². The summed E-state index contributed by atoms with van der Waals surface area (Å²) in [6, 6.07) is 14.4. The zero-order chi connectivity index (χ0) is 14.4. The Balaban J connectivity index is 2.34. The Morgan fingerprint density at radius 1 is 1.20 bits per heavy atom. The Kier molecular flexibility index (Phi) is 4.75. The molecule has 0 unspecified atom stereocenters. The van der Waals surface area contributed by atoms with Crippen LogP contribution in [-0.2, 0) is 0 Å². The first kappa shape index (κ1) is 14.1. The smallest absolute Gasteiger partial charge is 0.183 e. The summed E-state index contributed by atoms with van der Waals surface area (Å²) in [5.41, 5.74) is 1.94. The molecule has 0 heterocycles. The van der Waals surface area contributed by atoms with Crippen LogP contribution in [0.15, 0.2) is 53.5 Å². The van der Waals surface area contributed by atoms with Crippen molar-refractivity contribution in [2.75, 3.05) is 6.26 Å². The highest BCUT2D eigenvalue weighted by molar-refractivity contribution is 8.13. The second kappa shape index (κ2) is 6.73. The van der Waals surface area contributed by atoms with Crippen molar-refractivity contribution < 1.29 is 4.39 Å². The van der Waals surface area contributed by atoms with E-state index in [2.05, 4.69) is 10.3 Å². The van der Waals surface area contributed by atoms with Gasteiger partial charge in [0.2, 0.25) is 0 Å². The number of thioether (sulfide) groups is 1. The van der Waals surface area contributed by atoms with Gasteiger partial charge in [0.1, 0.15) is 11.5 Å². The molecule has 1 N–H and O–H groups in total. The summed E-state index contributed by atoms with van der Waals surface area (Å²) in [7, 11) is 0. The van der Waals surface area contributed by atoms with Gasteiger partial charge in [-0.3, -0.25) is 5.32 Å². The van der Waals surface area contributed by atoms with Gasteiger partial charge in [-0.25, -0.2) is 9.38 Å². The first-order valence-electron chi connectivity index (χ1n) is 5.87. The van der Waals surface area contributed by atoms with Gasteiger partial charge in [0.05, 0.1) is 0 Å². The number of aliphatic imine (C=N–C) groups is 1. The fourth-order valence-electron chi connectivity index (χ4n) is 1.69. The van der Waals surface area contributed by atoms with Crippen LogP contribution in [0.2, 0.25) is 0 Å². The van der Waals surface area contributed by atoms with Crippen LogP contribution in [0.25, 0.3) is 11.1 Å². The van der Waals surface area contributed by atoms with Crippen LogP contribution in [0, 0.1) is 17.3 Å². The minimum absolute atomic E-state index is 0.205. The maximum atomic E-state index is 14.0. The van der Waals surface area contributed by atoms with E-state index in [9.17, 15) is 4.39 Å². The molecule has 0 aromatic heterocycles. The van der Waals surface area contributed by atoms with E-state index in [1.165, 1.54) is 17.8 Å². The van der Waals surface area contributed by atoms with Gasteiger partial charge in [-0.05, 0) is 29.5 Å². The fraction of sp³-hybridized carbons (Fsp3) is 0.0667. The average Bonchev–Trinajstić information content (AvgIpc) is 2.49. The quantitative estimate of drug-likeness (QED) is 0.394. The maximum Gasteiger partial charge on any atom is 0.183 e. The second-order valence-electron chi connectivity index (χ2n) is 3.89. The zero-order valence-electron chi connectivity index (χ0n) is 10.8. The third kappa shape index (κ3) is 3.37. The molecule has 5 heteroatoms. The van der Waals surface area contributed by atoms with Crippen LogP contribution < -0.4 is 5.32 Å². The van der Waals surface area contributed by atoms with E-state index in [0.717, 1.165) is 11.1 Å². The van der Waals surface area contributed by atoms with E-state index in [4.69, 9.17) is 5.26 Å². The number of amidine groups is 1. The molecule has 0 spiro atoms. The lowest BCUT2D eigenvalue weighted by Crippen LogP contribution is -2.12. The van der Waals surface area contributed by atoms with Gasteiger partial charge in [0.25, 0.3) is 0 Å². The molecule has 20 heavy (non-hydrogen) atoms. The highest BCUT2D eigenvalue weighted by Gasteiger charge is 2.05. The molecule has 2 aromatic carbocycles. The summed E-state index contributed by atoms with van der Waals surface area (Å²) in [6.45, 7) is 0. The normalized spacial score (nSPS) is 10.9. The summed E-state index contributed by atoms with van der Waals surface area (Å²) in [5, 5.41) is 11.3. The number of rotatable bonds is 2. The number of nitrogens with zero attached hydrogens (tertiary/aromatic N) is 2. The summed E-state index contributed by atoms with van der Waals surface area (Å²) >= 11 is 1.25. The molecule has 0 fully saturated rings. The Hall–Kier alpha value is -2.32. The molecular weight excluding hydrogens is 273 g/mol. The number of hydrogen-bond donors (Lipinski definition) is 1. The molecule has 0 atom stereocenters. The molecule has 0 aliphatic rings. The topological polar surface area (TPSA) is 48.2 Å². The van der Waals surface area contributed by atoms with E-state index < -0.39 is 5.82 Å². The summed E-state index contributed by atoms with van der Waals surface area (Å²) < 4.78 is 14.0. The highest BCUT2D eigenvalue weighted by Crippen LogP contribution is 2.26. The van der Waals surface area contributed by atoms with E-state index in [-0.39, 0.29) is 5.69 Å². The lowest BCUT2D eigenvalue weighted by Gasteiger charge is -2.05. The number of nitriles is 1. The number of benzene rings is 2. The fourth-order valence-corrected chi connectivity index (χ4v) is 2.03. The lowest BCUT2D eigenvalue weighted by molar-refractivity contribution is 0.630. The minimum atomic E-state index is -0.419. The van der Waals surface area contributed by atoms with Crippen LogP contribution in [-0.4, -0.2) is 11.4 Å². The molecule has 0 saturated carbocycles. The molecule has 100 valence electrons. The summed E-state index contributed by atoms with van der Waals surface area (Å²) in [6.07, 6.45) is 3.53. The zero-order valence-corrected chi connectivity index (χ0v) is 11.6. The van der Waals surface area contributed by atoms with E-state index in [0.29, 0.717) is 5.17 Å². The van der Waals surface area contributed by atoms with Crippen LogP contribution in [0.3, 0.4) is 0 Å². The monoisotopic (exact) mass is 285 g/mol. The third-order valence-electron chi connectivity index (χ3n) is 2.63. The summed E-state index contributed by atoms with van der Waals surface area (Å²) in [4.78, 5) is 4.07. The Morgan fingerprint density at radius 2 is 1.95 bits per heavy atom. The third-order valence-corrected chi connectivity index (χ3v) is 3.21. The molecule has 0 aliphatic heterocycles. The van der Waals surface area contributed by atoms with Gasteiger partial charge in [-0.2, -0.15) is 5.26 Å². The van der Waals surface area contributed by atoms with E-state index in [1.54, 1.807) is 18.5 Å². The largest absolute Gasteiger partial charge is 0.271 e. The number of nitrogens with one attached hydrogen (secondary N) is 1. The molecule has 0 radical (unpaired) electrons. The molecule has 2 aromatic rings. The molecular formula is C15H12FN3S. The molecule has 2 rings (SSSR count). The SMILES string of the molecule is CSC(=Nc1ccc(-c2ccccc2)cc1F)NC#N. The standard InChI is InChI=1S/C15H12FN3S/c1-20-15(18-10-17)19-14-8-7-12(9-13(14)16)11-5-3-2-4-6-11/h2-9H,1H3,(H,18,19). The van der Waals surface area contributed by atoms with Gasteiger partial charge in [0, 0.05) is 0 Å². The molecule has 0 saturated heterocycles. The van der Waals surface area contributed by atoms with E-state index in [1.807, 2.05) is 36.4 Å². The van der Waals surface area contributed by atoms with Crippen LogP contribution in [0.4, 0.5) is 10.1 Å². The molecule has 0 bridgehead atoms. The van der Waals surface area contributed by atoms with Gasteiger partial charge in [-0.15, -0.1) is 0 Å². The Bertz CT molecular complexity index is 663. The first-order chi connectivity index (χ1) is 9.74. The molecule has 0 aliphatic carbocycles. The summed E-state index contributed by atoms with van der Waals surface area (Å²) in [5.74, 6) is -0.419.